The standard InChI is InChI=1S/C11H9F4NO2.ClH/c12-8-2-1-6(5-7(8)11(13,14)15)9-3-4-18-10(17)16-9;/h1-2,5,9H,3-4H2,(H,16,17);1H/t9-;/m1./s1. The van der Waals surface area contributed by atoms with Crippen molar-refractivity contribution >= 4 is 18.5 Å². The van der Waals surface area contributed by atoms with E-state index in [9.17, 15) is 22.4 Å². The molecule has 2 rings (SSSR count). The van der Waals surface area contributed by atoms with Gasteiger partial charge in [0.25, 0.3) is 0 Å². The maximum absolute atomic E-state index is 13.1. The summed E-state index contributed by atoms with van der Waals surface area (Å²) in [6.45, 7) is 0.120. The number of alkyl halides is 3. The minimum Gasteiger partial charge on any atom is -0.449 e. The lowest BCUT2D eigenvalue weighted by molar-refractivity contribution is -0.140. The Labute approximate surface area is 112 Å². The van der Waals surface area contributed by atoms with E-state index in [1.165, 1.54) is 6.07 Å². The Kier molecular flexibility index (Phi) is 4.62. The van der Waals surface area contributed by atoms with Crippen LogP contribution in [0.5, 0.6) is 0 Å². The van der Waals surface area contributed by atoms with Crippen molar-refractivity contribution in [3.8, 4) is 0 Å². The molecule has 0 spiro atoms. The summed E-state index contributed by atoms with van der Waals surface area (Å²) in [5.74, 6) is -1.33. The number of carbonyl (C=O) groups is 1. The van der Waals surface area contributed by atoms with E-state index in [4.69, 9.17) is 0 Å². The highest BCUT2D eigenvalue weighted by Crippen LogP contribution is 2.33. The van der Waals surface area contributed by atoms with Gasteiger partial charge in [0.15, 0.2) is 0 Å². The van der Waals surface area contributed by atoms with Gasteiger partial charge in [-0.25, -0.2) is 9.18 Å². The van der Waals surface area contributed by atoms with Crippen LogP contribution in [0.15, 0.2) is 18.2 Å². The number of hydrogen-bond donors (Lipinski definition) is 1. The molecule has 0 unspecified atom stereocenters. The Balaban J connectivity index is 0.00000180. The van der Waals surface area contributed by atoms with Gasteiger partial charge in [-0.2, -0.15) is 13.2 Å². The fourth-order valence-electron chi connectivity index (χ4n) is 1.75. The molecule has 106 valence electrons. The molecule has 8 heteroatoms. The van der Waals surface area contributed by atoms with Crippen LogP contribution in [0.4, 0.5) is 22.4 Å². The van der Waals surface area contributed by atoms with E-state index in [0.29, 0.717) is 12.5 Å². The maximum Gasteiger partial charge on any atom is 0.419 e. The van der Waals surface area contributed by atoms with Crippen molar-refractivity contribution in [2.24, 2.45) is 0 Å². The molecule has 19 heavy (non-hydrogen) atoms. The Morgan fingerprint density at radius 1 is 1.32 bits per heavy atom. The molecule has 1 amide bonds. The molecule has 1 N–H and O–H groups in total. The monoisotopic (exact) mass is 299 g/mol. The van der Waals surface area contributed by atoms with E-state index in [-0.39, 0.29) is 24.6 Å². The lowest BCUT2D eigenvalue weighted by Gasteiger charge is -2.24. The second-order valence-electron chi connectivity index (χ2n) is 3.86. The SMILES string of the molecule is Cl.O=C1N[C@@H](c2ccc(F)c(C(F)(F)F)c2)CCO1. The first kappa shape index (κ1) is 15.6. The Morgan fingerprint density at radius 3 is 2.58 bits per heavy atom. The number of nitrogens with one attached hydrogen (secondary N) is 1. The third-order valence-corrected chi connectivity index (χ3v) is 2.63. The highest BCUT2D eigenvalue weighted by Gasteiger charge is 2.35. The third-order valence-electron chi connectivity index (χ3n) is 2.63. The lowest BCUT2D eigenvalue weighted by atomic mass is 10.0. The second-order valence-corrected chi connectivity index (χ2v) is 3.86. The molecule has 1 saturated heterocycles. The number of rotatable bonds is 1. The Morgan fingerprint density at radius 2 is 2.00 bits per heavy atom. The van der Waals surface area contributed by atoms with Gasteiger partial charge < -0.3 is 10.1 Å². The molecule has 0 radical (unpaired) electrons. The van der Waals surface area contributed by atoms with Crippen LogP contribution < -0.4 is 5.32 Å². The average Bonchev–Trinajstić information content (AvgIpc) is 2.28. The lowest BCUT2D eigenvalue weighted by Crippen LogP contribution is -2.35. The van der Waals surface area contributed by atoms with Crippen molar-refractivity contribution in [1.82, 2.24) is 5.32 Å². The topological polar surface area (TPSA) is 38.3 Å². The molecule has 1 heterocycles. The predicted molar refractivity (Wildman–Crippen MR) is 60.5 cm³/mol. The van der Waals surface area contributed by atoms with Crippen molar-refractivity contribution in [3.63, 3.8) is 0 Å². The van der Waals surface area contributed by atoms with Gasteiger partial charge in [0.05, 0.1) is 18.2 Å². The van der Waals surface area contributed by atoms with Crippen LogP contribution in [0, 0.1) is 5.82 Å². The summed E-state index contributed by atoms with van der Waals surface area (Å²) in [5.41, 5.74) is -1.12. The number of benzene rings is 1. The highest BCUT2D eigenvalue weighted by molar-refractivity contribution is 5.85. The third kappa shape index (κ3) is 3.50. The first-order valence-corrected chi connectivity index (χ1v) is 5.18. The van der Waals surface area contributed by atoms with E-state index in [1.807, 2.05) is 0 Å². The zero-order valence-corrected chi connectivity index (χ0v) is 10.3. The molecule has 0 aromatic heterocycles. The summed E-state index contributed by atoms with van der Waals surface area (Å²) < 4.78 is 55.2. The predicted octanol–water partition coefficient (Wildman–Crippen LogP) is 3.44. The van der Waals surface area contributed by atoms with E-state index in [1.54, 1.807) is 0 Å². The first-order chi connectivity index (χ1) is 8.38. The van der Waals surface area contributed by atoms with Crippen LogP contribution in [-0.2, 0) is 10.9 Å². The van der Waals surface area contributed by atoms with E-state index in [0.717, 1.165) is 6.07 Å². The average molecular weight is 300 g/mol. The van der Waals surface area contributed by atoms with Gasteiger partial charge in [0, 0.05) is 6.42 Å². The van der Waals surface area contributed by atoms with Crippen LogP contribution in [0.25, 0.3) is 0 Å². The number of hydrogen-bond acceptors (Lipinski definition) is 2. The number of halogens is 5. The largest absolute Gasteiger partial charge is 0.449 e. The summed E-state index contributed by atoms with van der Waals surface area (Å²) in [6, 6.07) is 2.10. The number of carbonyl (C=O) groups excluding carboxylic acids is 1. The molecule has 1 fully saturated rings. The van der Waals surface area contributed by atoms with E-state index < -0.39 is 29.7 Å². The minimum atomic E-state index is -4.75. The zero-order valence-electron chi connectivity index (χ0n) is 9.46. The fourth-order valence-corrected chi connectivity index (χ4v) is 1.75. The van der Waals surface area contributed by atoms with Crippen LogP contribution in [0.2, 0.25) is 0 Å². The van der Waals surface area contributed by atoms with Gasteiger partial charge in [-0.3, -0.25) is 0 Å². The van der Waals surface area contributed by atoms with Crippen molar-refractivity contribution in [3.05, 3.63) is 35.1 Å². The van der Waals surface area contributed by atoms with E-state index >= 15 is 0 Å². The van der Waals surface area contributed by atoms with Crippen molar-refractivity contribution < 1.29 is 27.1 Å². The quantitative estimate of drug-likeness (QED) is 0.807. The maximum atomic E-state index is 13.1. The number of ether oxygens (including phenoxy) is 1. The summed E-state index contributed by atoms with van der Waals surface area (Å²) in [6.07, 6.45) is -5.10. The van der Waals surface area contributed by atoms with E-state index in [2.05, 4.69) is 10.1 Å². The smallest absolute Gasteiger partial charge is 0.419 e. The van der Waals surface area contributed by atoms with Crippen molar-refractivity contribution in [1.29, 1.82) is 0 Å². The molecule has 0 aliphatic carbocycles. The highest BCUT2D eigenvalue weighted by atomic mass is 35.5. The number of amides is 1. The molecule has 3 nitrogen and oxygen atoms in total. The molecule has 1 aromatic carbocycles. The van der Waals surface area contributed by atoms with Crippen LogP contribution >= 0.6 is 12.4 Å². The molecular weight excluding hydrogens is 290 g/mol. The van der Waals surface area contributed by atoms with Crippen LogP contribution in [-0.4, -0.2) is 12.7 Å². The van der Waals surface area contributed by atoms with Crippen molar-refractivity contribution in [2.45, 2.75) is 18.6 Å². The molecule has 1 aliphatic heterocycles. The van der Waals surface area contributed by atoms with Gasteiger partial charge in [-0.15, -0.1) is 12.4 Å². The molecule has 0 bridgehead atoms. The van der Waals surface area contributed by atoms with Crippen LogP contribution in [0.1, 0.15) is 23.6 Å². The summed E-state index contributed by atoms with van der Waals surface area (Å²) in [5, 5.41) is 2.38. The van der Waals surface area contributed by atoms with Gasteiger partial charge in [-0.1, -0.05) is 6.07 Å². The van der Waals surface area contributed by atoms with Crippen LogP contribution in [0.3, 0.4) is 0 Å². The molecule has 1 atom stereocenters. The normalized spacial score (nSPS) is 19.2. The number of alkyl carbamates (subject to hydrolysis) is 1. The summed E-state index contributed by atoms with van der Waals surface area (Å²) in [4.78, 5) is 11.0. The summed E-state index contributed by atoms with van der Waals surface area (Å²) >= 11 is 0. The van der Waals surface area contributed by atoms with Gasteiger partial charge in [0.2, 0.25) is 0 Å². The van der Waals surface area contributed by atoms with Crippen molar-refractivity contribution in [2.75, 3.05) is 6.61 Å². The molecule has 1 aromatic rings. The summed E-state index contributed by atoms with van der Waals surface area (Å²) in [7, 11) is 0. The molecule has 1 aliphatic rings. The minimum absolute atomic E-state index is 0. The van der Waals surface area contributed by atoms with Gasteiger partial charge in [-0.05, 0) is 17.7 Å². The fraction of sp³-hybridized carbons (Fsp3) is 0.364. The van der Waals surface area contributed by atoms with Gasteiger partial charge >= 0.3 is 12.3 Å². The molecular formula is C11H10ClF4NO2. The first-order valence-electron chi connectivity index (χ1n) is 5.18. The number of cyclic esters (lactones) is 1. The Hall–Kier alpha value is -1.50. The second kappa shape index (κ2) is 5.64. The zero-order chi connectivity index (χ0) is 13.3. The Bertz CT molecular complexity index is 478. The molecule has 0 saturated carbocycles. The van der Waals surface area contributed by atoms with Gasteiger partial charge in [0.1, 0.15) is 5.82 Å².